The number of carbonyl (C=O) groups is 2. The van der Waals surface area contributed by atoms with E-state index in [-0.39, 0.29) is 5.92 Å². The third kappa shape index (κ3) is 3.32. The van der Waals surface area contributed by atoms with Gasteiger partial charge in [0.05, 0.1) is 12.2 Å². The van der Waals surface area contributed by atoms with Gasteiger partial charge in [0.15, 0.2) is 5.79 Å². The summed E-state index contributed by atoms with van der Waals surface area (Å²) in [6, 6.07) is 3.58. The van der Waals surface area contributed by atoms with E-state index < -0.39 is 42.1 Å². The maximum Gasteiger partial charge on any atom is 0.303 e. The Kier molecular flexibility index (Phi) is 4.40. The normalized spacial score (nSPS) is 34.4. The largest absolute Gasteiger partial charge is 0.469 e. The van der Waals surface area contributed by atoms with Crippen LogP contribution in [0.25, 0.3) is 0 Å². The lowest BCUT2D eigenvalue weighted by atomic mass is 9.79. The van der Waals surface area contributed by atoms with Gasteiger partial charge in [-0.3, -0.25) is 9.59 Å². The van der Waals surface area contributed by atoms with Gasteiger partial charge in [0.1, 0.15) is 30.2 Å². The lowest BCUT2D eigenvalue weighted by molar-refractivity contribution is -0.174. The van der Waals surface area contributed by atoms with Crippen LogP contribution in [-0.4, -0.2) is 42.1 Å². The Hall–Kier alpha value is -1.86. The summed E-state index contributed by atoms with van der Waals surface area (Å²) in [4.78, 5) is 23.1. The number of esters is 2. The minimum Gasteiger partial charge on any atom is -0.469 e. The summed E-state index contributed by atoms with van der Waals surface area (Å²) in [6.45, 7) is 6.27. The van der Waals surface area contributed by atoms with Gasteiger partial charge in [-0.1, -0.05) is 0 Å². The molecule has 0 radical (unpaired) electrons. The molecule has 2 aliphatic rings. The van der Waals surface area contributed by atoms with Crippen LogP contribution in [0.2, 0.25) is 0 Å². The quantitative estimate of drug-likeness (QED) is 0.781. The topological polar surface area (TPSA) is 84.2 Å². The van der Waals surface area contributed by atoms with E-state index in [9.17, 15) is 9.59 Å². The highest BCUT2D eigenvalue weighted by Crippen LogP contribution is 2.45. The van der Waals surface area contributed by atoms with Gasteiger partial charge in [0.25, 0.3) is 0 Å². The summed E-state index contributed by atoms with van der Waals surface area (Å²) in [5.74, 6) is -1.28. The highest BCUT2D eigenvalue weighted by Gasteiger charge is 2.57. The van der Waals surface area contributed by atoms with E-state index in [0.717, 1.165) is 0 Å². The van der Waals surface area contributed by atoms with Crippen molar-refractivity contribution in [3.63, 3.8) is 0 Å². The molecule has 3 rings (SSSR count). The van der Waals surface area contributed by atoms with Crippen molar-refractivity contribution in [3.8, 4) is 0 Å². The smallest absolute Gasteiger partial charge is 0.303 e. The number of rotatable bonds is 3. The second-order valence-electron chi connectivity index (χ2n) is 6.64. The van der Waals surface area contributed by atoms with E-state index in [1.807, 2.05) is 6.07 Å². The Morgan fingerprint density at radius 1 is 1.12 bits per heavy atom. The molecule has 1 aliphatic heterocycles. The van der Waals surface area contributed by atoms with Gasteiger partial charge in [-0.25, -0.2) is 0 Å². The predicted molar refractivity (Wildman–Crippen MR) is 81.0 cm³/mol. The van der Waals surface area contributed by atoms with Crippen LogP contribution >= 0.6 is 0 Å². The van der Waals surface area contributed by atoms with Gasteiger partial charge in [-0.15, -0.1) is 0 Å². The van der Waals surface area contributed by atoms with Gasteiger partial charge < -0.3 is 23.4 Å². The van der Waals surface area contributed by atoms with Gasteiger partial charge >= 0.3 is 11.9 Å². The van der Waals surface area contributed by atoms with E-state index in [0.29, 0.717) is 12.2 Å². The monoisotopic (exact) mass is 338 g/mol. The van der Waals surface area contributed by atoms with Gasteiger partial charge in [-0.2, -0.15) is 0 Å². The fraction of sp³-hybridized carbons (Fsp3) is 0.647. The van der Waals surface area contributed by atoms with Crippen LogP contribution in [0, 0.1) is 0 Å². The average molecular weight is 338 g/mol. The molecule has 1 aromatic rings. The van der Waals surface area contributed by atoms with Crippen molar-refractivity contribution in [2.24, 2.45) is 0 Å². The second kappa shape index (κ2) is 6.22. The summed E-state index contributed by atoms with van der Waals surface area (Å²) < 4.78 is 28.4. The number of hydrogen-bond donors (Lipinski definition) is 0. The molecule has 7 heteroatoms. The standard InChI is InChI=1S/C17H22O7/c1-9(18)21-13-8-11(12-6-5-7-20-12)14(22-10(2)19)16-15(13)23-17(3,4)24-16/h5-7,11,13-16H,8H2,1-4H3/t11?,13-,14-,15+,16-/m1/s1. The lowest BCUT2D eigenvalue weighted by Gasteiger charge is -2.40. The van der Waals surface area contributed by atoms with Crippen molar-refractivity contribution >= 4 is 11.9 Å². The molecule has 1 aromatic heterocycles. The van der Waals surface area contributed by atoms with Crippen molar-refractivity contribution in [1.82, 2.24) is 0 Å². The predicted octanol–water partition coefficient (Wildman–Crippen LogP) is 2.15. The Morgan fingerprint density at radius 2 is 1.79 bits per heavy atom. The number of furan rings is 1. The van der Waals surface area contributed by atoms with Gasteiger partial charge in [0.2, 0.25) is 0 Å². The van der Waals surface area contributed by atoms with Crippen molar-refractivity contribution in [1.29, 1.82) is 0 Å². The van der Waals surface area contributed by atoms with Gasteiger partial charge in [-0.05, 0) is 26.0 Å². The van der Waals surface area contributed by atoms with Gasteiger partial charge in [0, 0.05) is 20.3 Å². The summed E-state index contributed by atoms with van der Waals surface area (Å²) in [6.07, 6.45) is -0.144. The molecule has 1 unspecified atom stereocenters. The van der Waals surface area contributed by atoms with Crippen molar-refractivity contribution in [2.75, 3.05) is 0 Å². The third-order valence-corrected chi connectivity index (χ3v) is 4.26. The highest BCUT2D eigenvalue weighted by atomic mass is 16.8. The first-order valence-corrected chi connectivity index (χ1v) is 8.00. The Bertz CT molecular complexity index is 606. The van der Waals surface area contributed by atoms with Crippen LogP contribution in [0.1, 0.15) is 45.8 Å². The van der Waals surface area contributed by atoms with Crippen molar-refractivity contribution in [3.05, 3.63) is 24.2 Å². The summed E-state index contributed by atoms with van der Waals surface area (Å²) in [5, 5.41) is 0. The van der Waals surface area contributed by atoms with Crippen LogP contribution in [0.5, 0.6) is 0 Å². The van der Waals surface area contributed by atoms with Crippen LogP contribution in [0.15, 0.2) is 22.8 Å². The van der Waals surface area contributed by atoms with E-state index in [4.69, 9.17) is 23.4 Å². The zero-order valence-electron chi connectivity index (χ0n) is 14.2. The molecule has 0 N–H and O–H groups in total. The molecular formula is C17H22O7. The molecule has 0 aromatic carbocycles. The maximum absolute atomic E-state index is 11.6. The average Bonchev–Trinajstić information content (AvgIpc) is 3.07. The van der Waals surface area contributed by atoms with Crippen LogP contribution < -0.4 is 0 Å². The fourth-order valence-corrected chi connectivity index (χ4v) is 3.56. The lowest BCUT2D eigenvalue weighted by Crippen LogP contribution is -2.53. The van der Waals surface area contributed by atoms with E-state index >= 15 is 0 Å². The second-order valence-corrected chi connectivity index (χ2v) is 6.64. The Morgan fingerprint density at radius 3 is 2.38 bits per heavy atom. The highest BCUT2D eigenvalue weighted by molar-refractivity contribution is 5.67. The van der Waals surface area contributed by atoms with E-state index in [2.05, 4.69) is 0 Å². The zero-order chi connectivity index (χ0) is 17.5. The van der Waals surface area contributed by atoms with E-state index in [1.54, 1.807) is 26.2 Å². The molecule has 5 atom stereocenters. The fourth-order valence-electron chi connectivity index (χ4n) is 3.56. The number of fused-ring (bicyclic) bond motifs is 1. The van der Waals surface area contributed by atoms with Crippen LogP contribution in [0.3, 0.4) is 0 Å². The molecule has 2 heterocycles. The first kappa shape index (κ1) is 17.0. The van der Waals surface area contributed by atoms with Crippen LogP contribution in [-0.2, 0) is 28.5 Å². The molecule has 1 saturated carbocycles. The third-order valence-electron chi connectivity index (χ3n) is 4.26. The molecule has 0 spiro atoms. The van der Waals surface area contributed by atoms with E-state index in [1.165, 1.54) is 13.8 Å². The molecule has 7 nitrogen and oxygen atoms in total. The van der Waals surface area contributed by atoms with Crippen molar-refractivity contribution in [2.45, 2.75) is 70.2 Å². The minimum atomic E-state index is -0.857. The zero-order valence-corrected chi connectivity index (χ0v) is 14.2. The Labute approximate surface area is 140 Å². The van der Waals surface area contributed by atoms with Crippen molar-refractivity contribution < 1.29 is 33.0 Å². The first-order chi connectivity index (χ1) is 11.3. The SMILES string of the molecule is CC(=O)O[C@@H]1C(c2ccco2)C[C@@H](OC(C)=O)[C@@H]2OC(C)(C)O[C@@H]21. The molecule has 0 amide bonds. The summed E-state index contributed by atoms with van der Waals surface area (Å²) in [7, 11) is 0. The van der Waals surface area contributed by atoms with Crippen LogP contribution in [0.4, 0.5) is 0 Å². The molecule has 132 valence electrons. The number of carbonyl (C=O) groups excluding carboxylic acids is 2. The molecular weight excluding hydrogens is 316 g/mol. The number of ether oxygens (including phenoxy) is 4. The molecule has 2 fully saturated rings. The molecule has 1 saturated heterocycles. The molecule has 24 heavy (non-hydrogen) atoms. The molecule has 1 aliphatic carbocycles. The summed E-state index contributed by atoms with van der Waals surface area (Å²) >= 11 is 0. The first-order valence-electron chi connectivity index (χ1n) is 8.00. The maximum atomic E-state index is 11.6. The Balaban J connectivity index is 1.95. The summed E-state index contributed by atoms with van der Waals surface area (Å²) in [5.41, 5.74) is 0. The minimum absolute atomic E-state index is 0.285. The number of hydrogen-bond acceptors (Lipinski definition) is 7. The molecule has 0 bridgehead atoms.